The summed E-state index contributed by atoms with van der Waals surface area (Å²) in [5.41, 5.74) is 7.50. The number of nitrogens with zero attached hydrogens (tertiary/aromatic N) is 2. The van der Waals surface area contributed by atoms with Crippen molar-refractivity contribution in [3.8, 4) is 0 Å². The molecule has 6 heteroatoms. The Hall–Kier alpha value is -2.24. The van der Waals surface area contributed by atoms with Gasteiger partial charge in [-0.15, -0.1) is 0 Å². The molecule has 114 valence electrons. The number of benzene rings is 1. The van der Waals surface area contributed by atoms with Crippen molar-refractivity contribution in [2.45, 2.75) is 12.8 Å². The minimum atomic E-state index is -0.332. The maximum atomic E-state index is 12.2. The van der Waals surface area contributed by atoms with Gasteiger partial charge in [-0.2, -0.15) is 0 Å². The molecule has 6 nitrogen and oxygen atoms in total. The standard InChI is InChI=1S/C15H21N3O3/c1-21-15(20)18-9-7-17(8-10-18)14(19)6-5-12-3-2-4-13(16)11-12/h2-4,11H,5-10,16H2,1H3. The third kappa shape index (κ3) is 4.11. The van der Waals surface area contributed by atoms with Crippen molar-refractivity contribution < 1.29 is 14.3 Å². The van der Waals surface area contributed by atoms with Crippen LogP contribution >= 0.6 is 0 Å². The fraction of sp³-hybridized carbons (Fsp3) is 0.467. The molecule has 0 atom stereocenters. The van der Waals surface area contributed by atoms with E-state index in [1.807, 2.05) is 24.3 Å². The quantitative estimate of drug-likeness (QED) is 0.847. The second kappa shape index (κ2) is 6.97. The Morgan fingerprint density at radius 2 is 1.86 bits per heavy atom. The number of anilines is 1. The normalized spacial score (nSPS) is 14.9. The van der Waals surface area contributed by atoms with Gasteiger partial charge in [-0.25, -0.2) is 4.79 Å². The highest BCUT2D eigenvalue weighted by atomic mass is 16.5. The number of amides is 2. The molecule has 21 heavy (non-hydrogen) atoms. The molecule has 0 bridgehead atoms. The molecule has 0 aliphatic carbocycles. The Morgan fingerprint density at radius 3 is 2.48 bits per heavy atom. The molecule has 1 fully saturated rings. The Morgan fingerprint density at radius 1 is 1.19 bits per heavy atom. The summed E-state index contributed by atoms with van der Waals surface area (Å²) < 4.78 is 4.67. The molecule has 2 N–H and O–H groups in total. The lowest BCUT2D eigenvalue weighted by Gasteiger charge is -2.33. The van der Waals surface area contributed by atoms with Crippen LogP contribution in [-0.4, -0.2) is 55.1 Å². The van der Waals surface area contributed by atoms with Gasteiger partial charge in [0.1, 0.15) is 0 Å². The first-order chi connectivity index (χ1) is 10.1. The topological polar surface area (TPSA) is 75.9 Å². The smallest absolute Gasteiger partial charge is 0.409 e. The highest BCUT2D eigenvalue weighted by Gasteiger charge is 2.24. The van der Waals surface area contributed by atoms with E-state index in [9.17, 15) is 9.59 Å². The van der Waals surface area contributed by atoms with Gasteiger partial charge in [-0.1, -0.05) is 12.1 Å². The van der Waals surface area contributed by atoms with E-state index in [0.29, 0.717) is 44.7 Å². The number of ether oxygens (including phenoxy) is 1. The lowest BCUT2D eigenvalue weighted by atomic mass is 10.1. The van der Waals surface area contributed by atoms with E-state index in [1.165, 1.54) is 7.11 Å². The Balaban J connectivity index is 1.78. The largest absolute Gasteiger partial charge is 0.453 e. The third-order valence-electron chi connectivity index (χ3n) is 3.64. The highest BCUT2D eigenvalue weighted by Crippen LogP contribution is 2.11. The minimum Gasteiger partial charge on any atom is -0.453 e. The average molecular weight is 291 g/mol. The van der Waals surface area contributed by atoms with Crippen LogP contribution in [0.25, 0.3) is 0 Å². The van der Waals surface area contributed by atoms with E-state index < -0.39 is 0 Å². The number of hydrogen-bond donors (Lipinski definition) is 1. The fourth-order valence-corrected chi connectivity index (χ4v) is 2.43. The summed E-state index contributed by atoms with van der Waals surface area (Å²) in [7, 11) is 1.37. The van der Waals surface area contributed by atoms with E-state index in [-0.39, 0.29) is 12.0 Å². The summed E-state index contributed by atoms with van der Waals surface area (Å²) in [6.07, 6.45) is 0.810. The van der Waals surface area contributed by atoms with Gasteiger partial charge in [0.15, 0.2) is 0 Å². The number of rotatable bonds is 3. The lowest BCUT2D eigenvalue weighted by molar-refractivity contribution is -0.132. The van der Waals surface area contributed by atoms with Gasteiger partial charge < -0.3 is 20.3 Å². The van der Waals surface area contributed by atoms with Crippen LogP contribution in [-0.2, 0) is 16.0 Å². The number of nitrogen functional groups attached to an aromatic ring is 1. The second-order valence-corrected chi connectivity index (χ2v) is 5.08. The lowest BCUT2D eigenvalue weighted by Crippen LogP contribution is -2.50. The predicted octanol–water partition coefficient (Wildman–Crippen LogP) is 1.11. The average Bonchev–Trinajstić information content (AvgIpc) is 2.52. The van der Waals surface area contributed by atoms with E-state index in [4.69, 9.17) is 5.73 Å². The van der Waals surface area contributed by atoms with Gasteiger partial charge >= 0.3 is 6.09 Å². The number of piperazine rings is 1. The van der Waals surface area contributed by atoms with Crippen LogP contribution in [0.4, 0.5) is 10.5 Å². The van der Waals surface area contributed by atoms with Gasteiger partial charge in [0, 0.05) is 38.3 Å². The van der Waals surface area contributed by atoms with Crippen molar-refractivity contribution in [3.63, 3.8) is 0 Å². The molecule has 0 spiro atoms. The molecule has 2 amide bonds. The van der Waals surface area contributed by atoms with Crippen molar-refractivity contribution in [2.24, 2.45) is 0 Å². The summed E-state index contributed by atoms with van der Waals surface area (Å²) in [4.78, 5) is 26.9. The first kappa shape index (κ1) is 15.2. The molecule has 1 aromatic carbocycles. The Bertz CT molecular complexity index is 511. The fourth-order valence-electron chi connectivity index (χ4n) is 2.43. The van der Waals surface area contributed by atoms with E-state index in [1.54, 1.807) is 9.80 Å². The van der Waals surface area contributed by atoms with Gasteiger partial charge in [0.05, 0.1) is 7.11 Å². The molecule has 1 heterocycles. The van der Waals surface area contributed by atoms with Crippen molar-refractivity contribution in [2.75, 3.05) is 39.0 Å². The third-order valence-corrected chi connectivity index (χ3v) is 3.64. The van der Waals surface area contributed by atoms with Gasteiger partial charge in [0.2, 0.25) is 5.91 Å². The van der Waals surface area contributed by atoms with Crippen molar-refractivity contribution in [1.82, 2.24) is 9.80 Å². The first-order valence-corrected chi connectivity index (χ1v) is 7.05. The second-order valence-electron chi connectivity index (χ2n) is 5.08. The zero-order valence-electron chi connectivity index (χ0n) is 12.2. The van der Waals surface area contributed by atoms with Crippen LogP contribution in [0.5, 0.6) is 0 Å². The van der Waals surface area contributed by atoms with Crippen LogP contribution in [0, 0.1) is 0 Å². The summed E-state index contributed by atoms with van der Waals surface area (Å²) in [5.74, 6) is 0.113. The maximum Gasteiger partial charge on any atom is 0.409 e. The molecule has 1 saturated heterocycles. The Labute approximate surface area is 124 Å². The van der Waals surface area contributed by atoms with Crippen LogP contribution in [0.3, 0.4) is 0 Å². The van der Waals surface area contributed by atoms with Crippen molar-refractivity contribution >= 4 is 17.7 Å². The molecule has 0 aromatic heterocycles. The number of carbonyl (C=O) groups excluding carboxylic acids is 2. The van der Waals surface area contributed by atoms with Crippen LogP contribution < -0.4 is 5.73 Å². The van der Waals surface area contributed by atoms with Gasteiger partial charge in [-0.05, 0) is 24.1 Å². The van der Waals surface area contributed by atoms with E-state index in [0.717, 1.165) is 5.56 Å². The van der Waals surface area contributed by atoms with Crippen LogP contribution in [0.15, 0.2) is 24.3 Å². The molecule has 0 unspecified atom stereocenters. The zero-order valence-corrected chi connectivity index (χ0v) is 12.2. The monoisotopic (exact) mass is 291 g/mol. The zero-order chi connectivity index (χ0) is 15.2. The molecular weight excluding hydrogens is 270 g/mol. The summed E-state index contributed by atoms with van der Waals surface area (Å²) in [5, 5.41) is 0. The number of hydrogen-bond acceptors (Lipinski definition) is 4. The molecule has 1 aliphatic heterocycles. The molecule has 0 saturated carbocycles. The highest BCUT2D eigenvalue weighted by molar-refractivity contribution is 5.77. The summed E-state index contributed by atoms with van der Waals surface area (Å²) in [6.45, 7) is 2.17. The van der Waals surface area contributed by atoms with Crippen LogP contribution in [0.1, 0.15) is 12.0 Å². The SMILES string of the molecule is COC(=O)N1CCN(C(=O)CCc2cccc(N)c2)CC1. The Kier molecular flexibility index (Phi) is 5.03. The van der Waals surface area contributed by atoms with Crippen molar-refractivity contribution in [1.29, 1.82) is 0 Å². The minimum absolute atomic E-state index is 0.113. The first-order valence-electron chi connectivity index (χ1n) is 7.05. The summed E-state index contributed by atoms with van der Waals surface area (Å²) >= 11 is 0. The van der Waals surface area contributed by atoms with E-state index >= 15 is 0 Å². The molecule has 0 radical (unpaired) electrons. The number of methoxy groups -OCH3 is 1. The molecule has 2 rings (SSSR count). The molecular formula is C15H21N3O3. The summed E-state index contributed by atoms with van der Waals surface area (Å²) in [6, 6.07) is 7.59. The van der Waals surface area contributed by atoms with Gasteiger partial charge in [0.25, 0.3) is 0 Å². The van der Waals surface area contributed by atoms with Crippen molar-refractivity contribution in [3.05, 3.63) is 29.8 Å². The number of nitrogens with two attached hydrogens (primary N) is 1. The number of aryl methyl sites for hydroxylation is 1. The number of carbonyl (C=O) groups is 2. The van der Waals surface area contributed by atoms with E-state index in [2.05, 4.69) is 4.74 Å². The molecule has 1 aromatic rings. The molecule has 1 aliphatic rings. The van der Waals surface area contributed by atoms with Gasteiger partial charge in [-0.3, -0.25) is 4.79 Å². The van der Waals surface area contributed by atoms with Crippen LogP contribution in [0.2, 0.25) is 0 Å². The predicted molar refractivity (Wildman–Crippen MR) is 79.7 cm³/mol. The maximum absolute atomic E-state index is 12.2.